The average molecular weight is 298 g/mol. The Morgan fingerprint density at radius 1 is 1.35 bits per heavy atom. The number of benzene rings is 1. The van der Waals surface area contributed by atoms with Crippen LogP contribution in [0.5, 0.6) is 0 Å². The third-order valence-electron chi connectivity index (χ3n) is 4.01. The summed E-state index contributed by atoms with van der Waals surface area (Å²) in [6.07, 6.45) is 2.03. The minimum Gasteiger partial charge on any atom is -0.369 e. The molecule has 2 unspecified atom stereocenters. The minimum atomic E-state index is -3.63. The van der Waals surface area contributed by atoms with Gasteiger partial charge in [0.2, 0.25) is 0 Å². The van der Waals surface area contributed by atoms with E-state index < -0.39 is 14.8 Å². The van der Waals surface area contributed by atoms with Gasteiger partial charge in [0.05, 0.1) is 4.92 Å². The molecule has 1 aromatic rings. The van der Waals surface area contributed by atoms with Crippen LogP contribution in [0.4, 0.5) is 11.4 Å². The molecule has 1 aliphatic rings. The van der Waals surface area contributed by atoms with E-state index in [1.807, 2.05) is 0 Å². The van der Waals surface area contributed by atoms with Crippen molar-refractivity contribution in [1.29, 1.82) is 0 Å². The molecule has 1 fully saturated rings. The van der Waals surface area contributed by atoms with Crippen molar-refractivity contribution in [2.24, 2.45) is 5.92 Å². The number of sulfone groups is 1. The van der Waals surface area contributed by atoms with Gasteiger partial charge in [0.15, 0.2) is 9.84 Å². The topological polar surface area (TPSA) is 80.5 Å². The largest absolute Gasteiger partial charge is 0.369 e. The molecule has 1 aromatic carbocycles. The van der Waals surface area contributed by atoms with Crippen molar-refractivity contribution in [3.05, 3.63) is 28.3 Å². The Hall–Kier alpha value is -1.63. The summed E-state index contributed by atoms with van der Waals surface area (Å²) in [5.41, 5.74) is 0.365. The van der Waals surface area contributed by atoms with Gasteiger partial charge >= 0.3 is 0 Å². The lowest BCUT2D eigenvalue weighted by Crippen LogP contribution is -2.29. The predicted octanol–water partition coefficient (Wildman–Crippen LogP) is 2.23. The van der Waals surface area contributed by atoms with Crippen molar-refractivity contribution in [2.75, 3.05) is 17.7 Å². The van der Waals surface area contributed by atoms with E-state index in [0.29, 0.717) is 12.0 Å². The van der Waals surface area contributed by atoms with E-state index in [-0.39, 0.29) is 10.6 Å². The molecule has 0 N–H and O–H groups in total. The van der Waals surface area contributed by atoms with Crippen LogP contribution in [0.1, 0.15) is 20.3 Å². The van der Waals surface area contributed by atoms with Gasteiger partial charge in [-0.15, -0.1) is 0 Å². The number of nitro groups is 1. The summed E-state index contributed by atoms with van der Waals surface area (Å²) >= 11 is 0. The molecule has 0 bridgehead atoms. The highest BCUT2D eigenvalue weighted by Gasteiger charge is 2.30. The average Bonchev–Trinajstić information content (AvgIpc) is 2.68. The second-order valence-electron chi connectivity index (χ2n) is 5.38. The van der Waals surface area contributed by atoms with Gasteiger partial charge in [-0.25, -0.2) is 8.42 Å². The van der Waals surface area contributed by atoms with Gasteiger partial charge in [-0.05, 0) is 31.4 Å². The maximum absolute atomic E-state index is 11.7. The van der Waals surface area contributed by atoms with Crippen molar-refractivity contribution in [3.8, 4) is 0 Å². The van der Waals surface area contributed by atoms with Gasteiger partial charge < -0.3 is 4.90 Å². The normalized spacial score (nSPS) is 23.1. The summed E-state index contributed by atoms with van der Waals surface area (Å²) in [5, 5.41) is 10.9. The van der Waals surface area contributed by atoms with Crippen LogP contribution in [0, 0.1) is 16.0 Å². The van der Waals surface area contributed by atoms with Crippen molar-refractivity contribution in [2.45, 2.75) is 31.2 Å². The zero-order chi connectivity index (χ0) is 15.1. The fourth-order valence-electron chi connectivity index (χ4n) is 2.59. The third-order valence-corrected chi connectivity index (χ3v) is 5.14. The molecule has 1 saturated heterocycles. The van der Waals surface area contributed by atoms with Gasteiger partial charge in [0.25, 0.3) is 5.69 Å². The van der Waals surface area contributed by atoms with Crippen molar-refractivity contribution < 1.29 is 13.3 Å². The van der Waals surface area contributed by atoms with Crippen LogP contribution in [0.2, 0.25) is 0 Å². The summed E-state index contributed by atoms with van der Waals surface area (Å²) < 4.78 is 23.5. The molecule has 0 radical (unpaired) electrons. The van der Waals surface area contributed by atoms with Crippen LogP contribution >= 0.6 is 0 Å². The third kappa shape index (κ3) is 2.63. The van der Waals surface area contributed by atoms with E-state index >= 15 is 0 Å². The molecular formula is C13H18N2O4S. The Morgan fingerprint density at radius 3 is 2.45 bits per heavy atom. The van der Waals surface area contributed by atoms with E-state index in [4.69, 9.17) is 0 Å². The number of nitro benzene ring substituents is 1. The fourth-order valence-corrected chi connectivity index (χ4v) is 3.45. The summed E-state index contributed by atoms with van der Waals surface area (Å²) in [5.74, 6) is 0.520. The lowest BCUT2D eigenvalue weighted by atomic mass is 10.1. The Morgan fingerprint density at radius 2 is 2.00 bits per heavy atom. The molecule has 0 saturated carbocycles. The van der Waals surface area contributed by atoms with E-state index in [9.17, 15) is 18.5 Å². The van der Waals surface area contributed by atoms with Gasteiger partial charge in [0, 0.05) is 30.6 Å². The van der Waals surface area contributed by atoms with Gasteiger partial charge in [-0.3, -0.25) is 10.1 Å². The lowest BCUT2D eigenvalue weighted by Gasteiger charge is -2.25. The summed E-state index contributed by atoms with van der Waals surface area (Å²) in [4.78, 5) is 12.2. The van der Waals surface area contributed by atoms with Crippen LogP contribution in [-0.4, -0.2) is 32.2 Å². The molecule has 2 rings (SSSR count). The predicted molar refractivity (Wildman–Crippen MR) is 76.8 cm³/mol. The maximum Gasteiger partial charge on any atom is 0.288 e. The first-order chi connectivity index (χ1) is 9.21. The van der Waals surface area contributed by atoms with Crippen molar-refractivity contribution >= 4 is 21.2 Å². The lowest BCUT2D eigenvalue weighted by molar-refractivity contribution is -0.387. The second-order valence-corrected chi connectivity index (χ2v) is 7.37. The zero-order valence-electron chi connectivity index (χ0n) is 11.7. The Kier molecular flexibility index (Phi) is 3.73. The van der Waals surface area contributed by atoms with Gasteiger partial charge in [0.1, 0.15) is 4.90 Å². The standard InChI is InChI=1S/C13H18N2O4S/c1-9-6-7-14(10(9)2)11-4-5-12(15(16)17)13(8-11)20(3,18)19/h4-5,8-10H,6-7H2,1-3H3. The number of nitrogens with zero attached hydrogens (tertiary/aromatic N) is 2. The zero-order valence-corrected chi connectivity index (χ0v) is 12.6. The Labute approximate surface area is 118 Å². The first-order valence-electron chi connectivity index (χ1n) is 6.47. The number of hydrogen-bond donors (Lipinski definition) is 0. The SMILES string of the molecule is CC1CCN(c2ccc([N+](=O)[O-])c(S(C)(=O)=O)c2)C1C. The Balaban J connectivity index is 2.51. The minimum absolute atomic E-state index is 0.216. The van der Waals surface area contributed by atoms with Crippen LogP contribution in [0.3, 0.4) is 0 Å². The maximum atomic E-state index is 11.7. The monoisotopic (exact) mass is 298 g/mol. The van der Waals surface area contributed by atoms with E-state index in [1.165, 1.54) is 12.1 Å². The van der Waals surface area contributed by atoms with Gasteiger partial charge in [-0.2, -0.15) is 0 Å². The number of anilines is 1. The van der Waals surface area contributed by atoms with Gasteiger partial charge in [-0.1, -0.05) is 6.92 Å². The van der Waals surface area contributed by atoms with Crippen LogP contribution in [0.25, 0.3) is 0 Å². The van der Waals surface area contributed by atoms with E-state index in [0.717, 1.165) is 24.9 Å². The quantitative estimate of drug-likeness (QED) is 0.631. The molecule has 110 valence electrons. The molecule has 6 nitrogen and oxygen atoms in total. The fraction of sp³-hybridized carbons (Fsp3) is 0.538. The van der Waals surface area contributed by atoms with Crippen molar-refractivity contribution in [1.82, 2.24) is 0 Å². The summed E-state index contributed by atoms with van der Waals surface area (Å²) in [6, 6.07) is 4.62. The highest BCUT2D eigenvalue weighted by molar-refractivity contribution is 7.90. The first kappa shape index (κ1) is 14.8. The van der Waals surface area contributed by atoms with Crippen LogP contribution < -0.4 is 4.90 Å². The van der Waals surface area contributed by atoms with E-state index in [1.54, 1.807) is 6.07 Å². The molecule has 1 heterocycles. The smallest absolute Gasteiger partial charge is 0.288 e. The highest BCUT2D eigenvalue weighted by atomic mass is 32.2. The molecule has 0 spiro atoms. The molecule has 0 aliphatic carbocycles. The van der Waals surface area contributed by atoms with Crippen LogP contribution in [-0.2, 0) is 9.84 Å². The Bertz CT molecular complexity index is 642. The molecule has 0 aromatic heterocycles. The van der Waals surface area contributed by atoms with Crippen molar-refractivity contribution in [3.63, 3.8) is 0 Å². The molecule has 20 heavy (non-hydrogen) atoms. The first-order valence-corrected chi connectivity index (χ1v) is 8.36. The molecular weight excluding hydrogens is 280 g/mol. The molecule has 1 aliphatic heterocycles. The number of rotatable bonds is 3. The molecule has 7 heteroatoms. The molecule has 0 amide bonds. The van der Waals surface area contributed by atoms with E-state index in [2.05, 4.69) is 18.7 Å². The number of hydrogen-bond acceptors (Lipinski definition) is 5. The van der Waals surface area contributed by atoms with Crippen LogP contribution in [0.15, 0.2) is 23.1 Å². The summed E-state index contributed by atoms with van der Waals surface area (Å²) in [7, 11) is -3.63. The summed E-state index contributed by atoms with van der Waals surface area (Å²) in [6.45, 7) is 5.07. The molecule has 2 atom stereocenters. The second kappa shape index (κ2) is 5.05. The highest BCUT2D eigenvalue weighted by Crippen LogP contribution is 2.34.